The van der Waals surface area contributed by atoms with Crippen molar-refractivity contribution in [3.05, 3.63) is 101 Å². The van der Waals surface area contributed by atoms with Gasteiger partial charge in [-0.3, -0.25) is 9.69 Å². The van der Waals surface area contributed by atoms with Crippen LogP contribution in [0.1, 0.15) is 27.5 Å². The van der Waals surface area contributed by atoms with Crippen molar-refractivity contribution in [2.75, 3.05) is 33.3 Å². The van der Waals surface area contributed by atoms with E-state index < -0.39 is 0 Å². The quantitative estimate of drug-likeness (QED) is 0.633. The predicted molar refractivity (Wildman–Crippen MR) is 115 cm³/mol. The fourth-order valence-electron chi connectivity index (χ4n) is 4.02. The van der Waals surface area contributed by atoms with E-state index in [4.69, 9.17) is 4.74 Å². The molecule has 1 atom stereocenters. The molecule has 0 aromatic heterocycles. The second kappa shape index (κ2) is 9.09. The van der Waals surface area contributed by atoms with Gasteiger partial charge in [-0.25, -0.2) is 4.39 Å². The SMILES string of the molecule is COc1cccc(C(=O)N2CCN([C@@H](c3ccccc3)c3ccc(F)cc3)CC2)c1. The van der Waals surface area contributed by atoms with Gasteiger partial charge >= 0.3 is 0 Å². The van der Waals surface area contributed by atoms with Crippen molar-refractivity contribution < 1.29 is 13.9 Å². The third-order valence-electron chi connectivity index (χ3n) is 5.58. The highest BCUT2D eigenvalue weighted by Gasteiger charge is 2.28. The van der Waals surface area contributed by atoms with E-state index in [9.17, 15) is 9.18 Å². The second-order valence-corrected chi connectivity index (χ2v) is 7.42. The van der Waals surface area contributed by atoms with E-state index in [0.717, 1.165) is 24.2 Å². The second-order valence-electron chi connectivity index (χ2n) is 7.42. The van der Waals surface area contributed by atoms with Gasteiger partial charge in [0.15, 0.2) is 0 Å². The summed E-state index contributed by atoms with van der Waals surface area (Å²) >= 11 is 0. The molecule has 0 aliphatic carbocycles. The molecule has 30 heavy (non-hydrogen) atoms. The number of hydrogen-bond donors (Lipinski definition) is 0. The summed E-state index contributed by atoms with van der Waals surface area (Å²) in [6.07, 6.45) is 0. The number of nitrogens with zero attached hydrogens (tertiary/aromatic N) is 2. The Bertz CT molecular complexity index is 984. The minimum absolute atomic E-state index is 0.0200. The molecule has 154 valence electrons. The minimum atomic E-state index is -0.237. The van der Waals surface area contributed by atoms with E-state index in [1.807, 2.05) is 53.4 Å². The maximum atomic E-state index is 13.5. The molecule has 4 rings (SSSR count). The van der Waals surface area contributed by atoms with Crippen LogP contribution in [0.2, 0.25) is 0 Å². The number of amides is 1. The molecule has 1 aliphatic heterocycles. The lowest BCUT2D eigenvalue weighted by molar-refractivity contribution is 0.0597. The predicted octanol–water partition coefficient (Wildman–Crippen LogP) is 4.38. The molecule has 3 aromatic carbocycles. The zero-order valence-corrected chi connectivity index (χ0v) is 17.0. The summed E-state index contributed by atoms with van der Waals surface area (Å²) in [4.78, 5) is 17.2. The van der Waals surface area contributed by atoms with Gasteiger partial charge in [0.25, 0.3) is 5.91 Å². The number of halogens is 1. The van der Waals surface area contributed by atoms with E-state index in [1.54, 1.807) is 13.2 Å². The van der Waals surface area contributed by atoms with Gasteiger partial charge in [0.05, 0.1) is 13.2 Å². The fourth-order valence-corrected chi connectivity index (χ4v) is 4.02. The van der Waals surface area contributed by atoms with Gasteiger partial charge in [-0.15, -0.1) is 0 Å². The number of methoxy groups -OCH3 is 1. The van der Waals surface area contributed by atoms with Crippen molar-refractivity contribution in [2.24, 2.45) is 0 Å². The summed E-state index contributed by atoms with van der Waals surface area (Å²) in [7, 11) is 1.60. The van der Waals surface area contributed by atoms with Gasteiger partial charge in [-0.1, -0.05) is 48.5 Å². The van der Waals surface area contributed by atoms with E-state index >= 15 is 0 Å². The van der Waals surface area contributed by atoms with Gasteiger partial charge in [-0.2, -0.15) is 0 Å². The first-order chi connectivity index (χ1) is 14.7. The molecule has 0 saturated carbocycles. The van der Waals surface area contributed by atoms with Crippen molar-refractivity contribution in [1.29, 1.82) is 0 Å². The van der Waals surface area contributed by atoms with E-state index in [2.05, 4.69) is 17.0 Å². The Morgan fingerprint density at radius 3 is 2.20 bits per heavy atom. The molecule has 4 nitrogen and oxygen atoms in total. The van der Waals surface area contributed by atoms with Crippen molar-refractivity contribution in [3.63, 3.8) is 0 Å². The molecule has 0 N–H and O–H groups in total. The summed E-state index contributed by atoms with van der Waals surface area (Å²) in [5, 5.41) is 0. The van der Waals surface area contributed by atoms with Crippen molar-refractivity contribution in [1.82, 2.24) is 9.80 Å². The van der Waals surface area contributed by atoms with Crippen molar-refractivity contribution >= 4 is 5.91 Å². The van der Waals surface area contributed by atoms with Crippen molar-refractivity contribution in [3.8, 4) is 5.75 Å². The van der Waals surface area contributed by atoms with Gasteiger partial charge < -0.3 is 9.64 Å². The molecule has 5 heteroatoms. The number of ether oxygens (including phenoxy) is 1. The summed E-state index contributed by atoms with van der Waals surface area (Å²) in [5.74, 6) is 0.464. The molecule has 1 heterocycles. The highest BCUT2D eigenvalue weighted by atomic mass is 19.1. The average Bonchev–Trinajstić information content (AvgIpc) is 2.81. The zero-order valence-electron chi connectivity index (χ0n) is 17.0. The highest BCUT2D eigenvalue weighted by molar-refractivity contribution is 5.94. The fraction of sp³-hybridized carbons (Fsp3) is 0.240. The maximum absolute atomic E-state index is 13.5. The molecule has 1 saturated heterocycles. The van der Waals surface area contributed by atoms with Gasteiger partial charge in [-0.05, 0) is 41.5 Å². The lowest BCUT2D eigenvalue weighted by Crippen LogP contribution is -2.49. The normalized spacial score (nSPS) is 15.6. The highest BCUT2D eigenvalue weighted by Crippen LogP contribution is 2.30. The Hall–Kier alpha value is -3.18. The molecular weight excluding hydrogens is 379 g/mol. The lowest BCUT2D eigenvalue weighted by Gasteiger charge is -2.39. The van der Waals surface area contributed by atoms with Crippen LogP contribution in [-0.4, -0.2) is 49.0 Å². The van der Waals surface area contributed by atoms with Crippen molar-refractivity contribution in [2.45, 2.75) is 6.04 Å². The Morgan fingerprint density at radius 1 is 0.867 bits per heavy atom. The molecule has 0 radical (unpaired) electrons. The Kier molecular flexibility index (Phi) is 6.10. The number of carbonyl (C=O) groups excluding carboxylic acids is 1. The molecule has 0 bridgehead atoms. The first kappa shape index (κ1) is 20.1. The standard InChI is InChI=1S/C25H25FN2O2/c1-30-23-9-5-8-21(18-23)25(29)28-16-14-27(15-17-28)24(19-6-3-2-4-7-19)20-10-12-22(26)13-11-20/h2-13,18,24H,14-17H2,1H3/t24-/m0/s1. The average molecular weight is 404 g/mol. The van der Waals surface area contributed by atoms with E-state index in [0.29, 0.717) is 24.4 Å². The van der Waals surface area contributed by atoms with E-state index in [1.165, 1.54) is 12.1 Å². The summed E-state index contributed by atoms with van der Waals surface area (Å²) in [5.41, 5.74) is 2.85. The monoisotopic (exact) mass is 404 g/mol. The first-order valence-electron chi connectivity index (χ1n) is 10.1. The molecule has 0 unspecified atom stereocenters. The summed E-state index contributed by atoms with van der Waals surface area (Å²) in [6.45, 7) is 2.76. The minimum Gasteiger partial charge on any atom is -0.497 e. The number of hydrogen-bond acceptors (Lipinski definition) is 3. The van der Waals surface area contributed by atoms with Crippen LogP contribution in [-0.2, 0) is 0 Å². The third kappa shape index (κ3) is 4.36. The summed E-state index contributed by atoms with van der Waals surface area (Å²) < 4.78 is 18.7. The molecule has 0 spiro atoms. The van der Waals surface area contributed by atoms with Crippen LogP contribution in [0.25, 0.3) is 0 Å². The first-order valence-corrected chi connectivity index (χ1v) is 10.1. The van der Waals surface area contributed by atoms with Crippen LogP contribution < -0.4 is 4.74 Å². The molecule has 1 fully saturated rings. The number of piperazine rings is 1. The van der Waals surface area contributed by atoms with Gasteiger partial charge in [0, 0.05) is 31.7 Å². The molecular formula is C25H25FN2O2. The molecule has 1 aliphatic rings. The maximum Gasteiger partial charge on any atom is 0.254 e. The van der Waals surface area contributed by atoms with E-state index in [-0.39, 0.29) is 17.8 Å². The van der Waals surface area contributed by atoms with Crippen LogP contribution in [0.5, 0.6) is 5.75 Å². The van der Waals surface area contributed by atoms with Gasteiger partial charge in [0.1, 0.15) is 11.6 Å². The Labute approximate surface area is 176 Å². The summed E-state index contributed by atoms with van der Waals surface area (Å²) in [6, 6.07) is 24.2. The Morgan fingerprint density at radius 2 is 1.53 bits per heavy atom. The molecule has 3 aromatic rings. The van der Waals surface area contributed by atoms with Crippen LogP contribution in [0.15, 0.2) is 78.9 Å². The number of benzene rings is 3. The van der Waals surface area contributed by atoms with Crippen LogP contribution in [0.3, 0.4) is 0 Å². The Balaban J connectivity index is 1.51. The van der Waals surface area contributed by atoms with Crippen LogP contribution in [0, 0.1) is 5.82 Å². The van der Waals surface area contributed by atoms with Crippen LogP contribution in [0.4, 0.5) is 4.39 Å². The lowest BCUT2D eigenvalue weighted by atomic mass is 9.96. The molecule has 1 amide bonds. The number of rotatable bonds is 5. The number of carbonyl (C=O) groups is 1. The smallest absolute Gasteiger partial charge is 0.254 e. The van der Waals surface area contributed by atoms with Crippen LogP contribution >= 0.6 is 0 Å². The largest absolute Gasteiger partial charge is 0.497 e. The zero-order chi connectivity index (χ0) is 20.9. The topological polar surface area (TPSA) is 32.8 Å². The third-order valence-corrected chi connectivity index (χ3v) is 5.58. The van der Waals surface area contributed by atoms with Gasteiger partial charge in [0.2, 0.25) is 0 Å².